The molecule has 258 valence electrons. The molecule has 0 atom stereocenters. The maximum atomic E-state index is 2.44. The van der Waals surface area contributed by atoms with Crippen molar-refractivity contribution in [3.05, 3.63) is 205 Å². The normalized spacial score (nSPS) is 13.1. The van der Waals surface area contributed by atoms with E-state index in [0.717, 1.165) is 0 Å². The highest BCUT2D eigenvalue weighted by atomic mass is 14.4. The van der Waals surface area contributed by atoms with Crippen molar-refractivity contribution in [1.29, 1.82) is 0 Å². The van der Waals surface area contributed by atoms with Gasteiger partial charge in [0, 0.05) is 5.41 Å². The van der Waals surface area contributed by atoms with E-state index in [1.165, 1.54) is 110 Å². The fourth-order valence-electron chi connectivity index (χ4n) is 9.55. The van der Waals surface area contributed by atoms with Crippen molar-refractivity contribution in [3.63, 3.8) is 0 Å². The van der Waals surface area contributed by atoms with Crippen LogP contribution < -0.4 is 0 Å². The summed E-state index contributed by atoms with van der Waals surface area (Å²) in [5.41, 5.74) is 15.5. The van der Waals surface area contributed by atoms with Gasteiger partial charge >= 0.3 is 0 Å². The van der Waals surface area contributed by atoms with E-state index < -0.39 is 0 Å². The molecule has 0 saturated carbocycles. The molecule has 0 aliphatic heterocycles. The van der Waals surface area contributed by atoms with Gasteiger partial charge in [-0.15, -0.1) is 0 Å². The van der Waals surface area contributed by atoms with Crippen molar-refractivity contribution in [3.8, 4) is 55.6 Å². The third kappa shape index (κ3) is 4.85. The number of hydrogen-bond donors (Lipinski definition) is 0. The zero-order valence-electron chi connectivity index (χ0n) is 31.0. The van der Waals surface area contributed by atoms with E-state index in [2.05, 4.69) is 208 Å². The zero-order chi connectivity index (χ0) is 36.7. The maximum Gasteiger partial charge on any atom is 0.0159 e. The average molecular weight is 699 g/mol. The summed E-state index contributed by atoms with van der Waals surface area (Å²) in [7, 11) is 0. The fraction of sp³-hybridized carbons (Fsp3) is 0.0545. The first kappa shape index (κ1) is 31.7. The molecular formula is C55H38. The van der Waals surface area contributed by atoms with Crippen LogP contribution in [0.3, 0.4) is 0 Å². The van der Waals surface area contributed by atoms with Crippen LogP contribution >= 0.6 is 0 Å². The molecule has 0 heteroatoms. The van der Waals surface area contributed by atoms with Gasteiger partial charge in [0.2, 0.25) is 0 Å². The van der Waals surface area contributed by atoms with Crippen molar-refractivity contribution < 1.29 is 0 Å². The van der Waals surface area contributed by atoms with E-state index in [1.807, 2.05) is 0 Å². The predicted molar refractivity (Wildman–Crippen MR) is 236 cm³/mol. The van der Waals surface area contributed by atoms with Crippen LogP contribution in [0.1, 0.15) is 25.0 Å². The smallest absolute Gasteiger partial charge is 0.0159 e. The molecule has 0 bridgehead atoms. The summed E-state index contributed by atoms with van der Waals surface area (Å²) < 4.78 is 0. The highest BCUT2D eigenvalue weighted by Gasteiger charge is 2.37. The van der Waals surface area contributed by atoms with Gasteiger partial charge in [-0.2, -0.15) is 0 Å². The second-order valence-corrected chi connectivity index (χ2v) is 15.6. The first-order valence-corrected chi connectivity index (χ1v) is 19.3. The van der Waals surface area contributed by atoms with Gasteiger partial charge in [0.25, 0.3) is 0 Å². The molecule has 0 unspecified atom stereocenters. The van der Waals surface area contributed by atoms with E-state index in [1.54, 1.807) is 0 Å². The summed E-state index contributed by atoms with van der Waals surface area (Å²) in [5, 5.41) is 10.2. The lowest BCUT2D eigenvalue weighted by atomic mass is 9.80. The second kappa shape index (κ2) is 12.1. The van der Waals surface area contributed by atoms with Gasteiger partial charge in [0.05, 0.1) is 0 Å². The third-order valence-electron chi connectivity index (χ3n) is 12.3. The topological polar surface area (TPSA) is 0 Å². The quantitative estimate of drug-likeness (QED) is 0.161. The number of fused-ring (bicyclic) bond motifs is 8. The van der Waals surface area contributed by atoms with Gasteiger partial charge in [0.15, 0.2) is 0 Å². The summed E-state index contributed by atoms with van der Waals surface area (Å²) in [6, 6.07) is 72.1. The Bertz CT molecular complexity index is 3090. The molecule has 0 radical (unpaired) electrons. The van der Waals surface area contributed by atoms with Gasteiger partial charge in [-0.1, -0.05) is 196 Å². The summed E-state index contributed by atoms with van der Waals surface area (Å²) >= 11 is 0. The lowest BCUT2D eigenvalue weighted by molar-refractivity contribution is 0.661. The molecule has 1 aliphatic rings. The largest absolute Gasteiger partial charge is 0.0622 e. The zero-order valence-corrected chi connectivity index (χ0v) is 31.0. The van der Waals surface area contributed by atoms with Crippen LogP contribution in [0, 0.1) is 0 Å². The standard InChI is InChI=1S/C55H38/c1-55(2)50-32-31-42-43(21-12-22-44(42)54(50)49-30-29-40(34-51(49)55)38-25-23-37(24-26-38)35-13-4-3-5-14-35)53-47-19-10-8-17-45(47)52(46-18-9-11-20-48(46)53)41-28-27-36-15-6-7-16-39(36)33-41/h3-34H,1-2H3. The van der Waals surface area contributed by atoms with Crippen molar-refractivity contribution in [1.82, 2.24) is 0 Å². The molecule has 0 fully saturated rings. The molecule has 55 heavy (non-hydrogen) atoms. The molecule has 0 amide bonds. The van der Waals surface area contributed by atoms with Gasteiger partial charge in [-0.05, 0) is 122 Å². The summed E-state index contributed by atoms with van der Waals surface area (Å²) in [4.78, 5) is 0. The molecule has 0 heterocycles. The molecule has 10 aromatic rings. The fourth-order valence-corrected chi connectivity index (χ4v) is 9.55. The monoisotopic (exact) mass is 698 g/mol. The van der Waals surface area contributed by atoms with Crippen LogP contribution in [0.15, 0.2) is 194 Å². The Balaban J connectivity index is 1.09. The second-order valence-electron chi connectivity index (χ2n) is 15.6. The third-order valence-corrected chi connectivity index (χ3v) is 12.3. The van der Waals surface area contributed by atoms with Crippen LogP contribution in [0.25, 0.3) is 98.7 Å². The van der Waals surface area contributed by atoms with Crippen molar-refractivity contribution in [2.24, 2.45) is 0 Å². The first-order chi connectivity index (χ1) is 27.0. The molecule has 0 spiro atoms. The maximum absolute atomic E-state index is 2.44. The summed E-state index contributed by atoms with van der Waals surface area (Å²) in [6.07, 6.45) is 0. The first-order valence-electron chi connectivity index (χ1n) is 19.3. The Kier molecular flexibility index (Phi) is 7.00. The molecule has 0 nitrogen and oxygen atoms in total. The van der Waals surface area contributed by atoms with E-state index in [0.29, 0.717) is 0 Å². The van der Waals surface area contributed by atoms with E-state index >= 15 is 0 Å². The Morgan fingerprint density at radius 2 is 0.800 bits per heavy atom. The highest BCUT2D eigenvalue weighted by molar-refractivity contribution is 6.24. The SMILES string of the molecule is CC1(C)c2cc(-c3ccc(-c4ccccc4)cc3)ccc2-c2c1ccc1c(-c3c4ccccc4c(-c4ccc5ccccc5c4)c4ccccc34)cccc21. The summed E-state index contributed by atoms with van der Waals surface area (Å²) in [6.45, 7) is 4.78. The lowest BCUT2D eigenvalue weighted by Gasteiger charge is -2.23. The van der Waals surface area contributed by atoms with Crippen molar-refractivity contribution in [2.75, 3.05) is 0 Å². The van der Waals surface area contributed by atoms with Crippen LogP contribution in [0.4, 0.5) is 0 Å². The average Bonchev–Trinajstić information content (AvgIpc) is 3.48. The number of hydrogen-bond acceptors (Lipinski definition) is 0. The summed E-state index contributed by atoms with van der Waals surface area (Å²) in [5.74, 6) is 0. The highest BCUT2D eigenvalue weighted by Crippen LogP contribution is 2.54. The minimum absolute atomic E-state index is 0.129. The Labute approximate surface area is 322 Å². The number of benzene rings is 10. The molecule has 10 aromatic carbocycles. The van der Waals surface area contributed by atoms with E-state index in [4.69, 9.17) is 0 Å². The van der Waals surface area contributed by atoms with Crippen LogP contribution in [-0.4, -0.2) is 0 Å². The van der Waals surface area contributed by atoms with Gasteiger partial charge in [-0.3, -0.25) is 0 Å². The van der Waals surface area contributed by atoms with Gasteiger partial charge < -0.3 is 0 Å². The van der Waals surface area contributed by atoms with Crippen LogP contribution in [0.5, 0.6) is 0 Å². The minimum Gasteiger partial charge on any atom is -0.0622 e. The van der Waals surface area contributed by atoms with E-state index in [9.17, 15) is 0 Å². The molecular weight excluding hydrogens is 661 g/mol. The van der Waals surface area contributed by atoms with Crippen molar-refractivity contribution in [2.45, 2.75) is 19.3 Å². The molecule has 11 rings (SSSR count). The minimum atomic E-state index is -0.129. The number of rotatable bonds is 4. The van der Waals surface area contributed by atoms with Crippen LogP contribution in [0.2, 0.25) is 0 Å². The molecule has 0 N–H and O–H groups in total. The Morgan fingerprint density at radius 3 is 1.51 bits per heavy atom. The van der Waals surface area contributed by atoms with E-state index in [-0.39, 0.29) is 5.41 Å². The molecule has 1 aliphatic carbocycles. The molecule has 0 aromatic heterocycles. The lowest BCUT2D eigenvalue weighted by Crippen LogP contribution is -2.15. The van der Waals surface area contributed by atoms with Crippen LogP contribution in [-0.2, 0) is 5.41 Å². The Hall–Kier alpha value is -6.76. The van der Waals surface area contributed by atoms with Gasteiger partial charge in [0.1, 0.15) is 0 Å². The predicted octanol–water partition coefficient (Wildman–Crippen LogP) is 15.3. The van der Waals surface area contributed by atoms with Gasteiger partial charge in [-0.25, -0.2) is 0 Å². The Morgan fingerprint density at radius 1 is 0.273 bits per heavy atom. The molecule has 0 saturated heterocycles. The van der Waals surface area contributed by atoms with Crippen molar-refractivity contribution >= 4 is 43.1 Å².